The molecule has 5 heteroatoms. The molecule has 0 spiro atoms. The third-order valence-electron chi connectivity index (χ3n) is 3.40. The second-order valence-corrected chi connectivity index (χ2v) is 5.97. The highest BCUT2D eigenvalue weighted by atomic mass is 79.9. The first-order valence-electron chi connectivity index (χ1n) is 7.35. The Balaban J connectivity index is 2.02. The fourth-order valence-electron chi connectivity index (χ4n) is 2.04. The van der Waals surface area contributed by atoms with Crippen molar-refractivity contribution in [3.05, 3.63) is 52.6 Å². The monoisotopic (exact) mass is 361 g/mol. The molecular formula is C17H20BrN3O. The van der Waals surface area contributed by atoms with E-state index in [1.165, 1.54) is 0 Å². The number of anilines is 2. The van der Waals surface area contributed by atoms with Crippen LogP contribution >= 0.6 is 15.9 Å². The maximum absolute atomic E-state index is 12.2. The van der Waals surface area contributed by atoms with Crippen LogP contribution in [0.3, 0.4) is 0 Å². The molecule has 0 saturated carbocycles. The van der Waals surface area contributed by atoms with Gasteiger partial charge in [-0.3, -0.25) is 4.79 Å². The number of rotatable bonds is 6. The number of pyridine rings is 1. The Bertz CT molecular complexity index is 628. The molecule has 0 bridgehead atoms. The van der Waals surface area contributed by atoms with Crippen LogP contribution in [0.4, 0.5) is 11.5 Å². The maximum atomic E-state index is 12.2. The van der Waals surface area contributed by atoms with E-state index in [-0.39, 0.29) is 5.91 Å². The second kappa shape index (κ2) is 7.94. The third-order valence-corrected chi connectivity index (χ3v) is 4.09. The molecular weight excluding hydrogens is 342 g/mol. The van der Waals surface area contributed by atoms with Crippen molar-refractivity contribution in [1.29, 1.82) is 0 Å². The second-order valence-electron chi connectivity index (χ2n) is 5.11. The Morgan fingerprint density at radius 2 is 2.05 bits per heavy atom. The van der Waals surface area contributed by atoms with E-state index in [1.54, 1.807) is 12.3 Å². The van der Waals surface area contributed by atoms with E-state index in [0.29, 0.717) is 11.4 Å². The molecule has 1 heterocycles. The largest absolute Gasteiger partial charge is 0.373 e. The highest BCUT2D eigenvalue weighted by Gasteiger charge is 2.10. The van der Waals surface area contributed by atoms with Crippen molar-refractivity contribution < 1.29 is 4.79 Å². The molecule has 0 unspecified atom stereocenters. The number of carbonyl (C=O) groups is 1. The lowest BCUT2D eigenvalue weighted by Gasteiger charge is -2.18. The van der Waals surface area contributed by atoms with Crippen molar-refractivity contribution in [2.75, 3.05) is 23.8 Å². The molecule has 1 aromatic heterocycles. The first-order chi connectivity index (χ1) is 10.6. The minimum absolute atomic E-state index is 0.174. The predicted molar refractivity (Wildman–Crippen MR) is 94.5 cm³/mol. The van der Waals surface area contributed by atoms with Crippen molar-refractivity contribution in [2.45, 2.75) is 19.8 Å². The lowest BCUT2D eigenvalue weighted by Crippen LogP contribution is -2.19. The number of carbonyl (C=O) groups excluding carboxylic acids is 1. The van der Waals surface area contributed by atoms with Gasteiger partial charge in [0.25, 0.3) is 5.91 Å². The van der Waals surface area contributed by atoms with Crippen molar-refractivity contribution in [1.82, 2.24) is 4.98 Å². The summed E-state index contributed by atoms with van der Waals surface area (Å²) >= 11 is 3.38. The zero-order valence-corrected chi connectivity index (χ0v) is 14.4. The molecule has 22 heavy (non-hydrogen) atoms. The molecule has 4 nitrogen and oxygen atoms in total. The van der Waals surface area contributed by atoms with Crippen LogP contribution in [0.25, 0.3) is 0 Å². The van der Waals surface area contributed by atoms with Gasteiger partial charge in [0.2, 0.25) is 0 Å². The number of hydrogen-bond acceptors (Lipinski definition) is 3. The normalized spacial score (nSPS) is 10.3. The number of nitrogens with zero attached hydrogens (tertiary/aromatic N) is 2. The van der Waals surface area contributed by atoms with E-state index in [2.05, 4.69) is 38.1 Å². The van der Waals surface area contributed by atoms with E-state index in [1.807, 2.05) is 37.4 Å². The summed E-state index contributed by atoms with van der Waals surface area (Å²) in [5.74, 6) is 0.375. The standard InChI is InChI=1S/C17H20BrN3O/c1-3-4-11-21(2)13-9-10-16(19-12-13)20-17(22)14-7-5-6-8-15(14)18/h5-10,12H,3-4,11H2,1-2H3,(H,19,20,22). The molecule has 0 fully saturated rings. The van der Waals surface area contributed by atoms with E-state index in [0.717, 1.165) is 29.5 Å². The van der Waals surface area contributed by atoms with Gasteiger partial charge in [0.1, 0.15) is 5.82 Å². The van der Waals surface area contributed by atoms with E-state index < -0.39 is 0 Å². The Hall–Kier alpha value is -1.88. The van der Waals surface area contributed by atoms with Crippen molar-refractivity contribution >= 4 is 33.3 Å². The number of benzene rings is 1. The zero-order valence-electron chi connectivity index (χ0n) is 12.8. The molecule has 2 rings (SSSR count). The maximum Gasteiger partial charge on any atom is 0.257 e. The quantitative estimate of drug-likeness (QED) is 0.832. The molecule has 1 N–H and O–H groups in total. The van der Waals surface area contributed by atoms with Crippen molar-refractivity contribution in [2.24, 2.45) is 0 Å². The van der Waals surface area contributed by atoms with Crippen LogP contribution < -0.4 is 10.2 Å². The Morgan fingerprint density at radius 3 is 2.68 bits per heavy atom. The average molecular weight is 362 g/mol. The topological polar surface area (TPSA) is 45.2 Å². The first-order valence-corrected chi connectivity index (χ1v) is 8.14. The molecule has 1 aromatic carbocycles. The van der Waals surface area contributed by atoms with Crippen LogP contribution in [-0.4, -0.2) is 24.5 Å². The summed E-state index contributed by atoms with van der Waals surface area (Å²) in [4.78, 5) is 18.7. The number of hydrogen-bond donors (Lipinski definition) is 1. The number of aromatic nitrogens is 1. The lowest BCUT2D eigenvalue weighted by atomic mass is 10.2. The van der Waals surface area contributed by atoms with Crippen molar-refractivity contribution in [3.63, 3.8) is 0 Å². The highest BCUT2D eigenvalue weighted by Crippen LogP contribution is 2.18. The van der Waals surface area contributed by atoms with Crippen LogP contribution in [0.1, 0.15) is 30.1 Å². The van der Waals surface area contributed by atoms with Gasteiger partial charge < -0.3 is 10.2 Å². The fourth-order valence-corrected chi connectivity index (χ4v) is 2.50. The van der Waals surface area contributed by atoms with Crippen LogP contribution in [0.15, 0.2) is 47.1 Å². The Labute approximate surface area is 139 Å². The molecule has 0 atom stereocenters. The predicted octanol–water partition coefficient (Wildman–Crippen LogP) is 4.33. The van der Waals surface area contributed by atoms with Gasteiger partial charge in [-0.1, -0.05) is 25.5 Å². The van der Waals surface area contributed by atoms with Gasteiger partial charge in [-0.15, -0.1) is 0 Å². The molecule has 1 amide bonds. The lowest BCUT2D eigenvalue weighted by molar-refractivity contribution is 0.102. The molecule has 116 valence electrons. The summed E-state index contributed by atoms with van der Waals surface area (Å²) in [6, 6.07) is 11.1. The molecule has 0 aliphatic carbocycles. The van der Waals surface area contributed by atoms with Crippen molar-refractivity contribution in [3.8, 4) is 0 Å². The Kier molecular flexibility index (Phi) is 5.95. The van der Waals surface area contributed by atoms with Crippen LogP contribution in [0.2, 0.25) is 0 Å². The Morgan fingerprint density at radius 1 is 1.27 bits per heavy atom. The minimum atomic E-state index is -0.174. The molecule has 2 aromatic rings. The van der Waals surface area contributed by atoms with E-state index in [4.69, 9.17) is 0 Å². The number of nitrogens with one attached hydrogen (secondary N) is 1. The number of amides is 1. The van der Waals surface area contributed by atoms with Gasteiger partial charge >= 0.3 is 0 Å². The van der Waals surface area contributed by atoms with Gasteiger partial charge in [0.05, 0.1) is 17.4 Å². The SMILES string of the molecule is CCCCN(C)c1ccc(NC(=O)c2ccccc2Br)nc1. The van der Waals surface area contributed by atoms with E-state index in [9.17, 15) is 4.79 Å². The van der Waals surface area contributed by atoms with Crippen LogP contribution in [-0.2, 0) is 0 Å². The van der Waals surface area contributed by atoms with E-state index >= 15 is 0 Å². The summed E-state index contributed by atoms with van der Waals surface area (Å²) in [6.07, 6.45) is 4.10. The smallest absolute Gasteiger partial charge is 0.257 e. The van der Waals surface area contributed by atoms with Gasteiger partial charge in [-0.05, 0) is 46.6 Å². The van der Waals surface area contributed by atoms with Gasteiger partial charge in [-0.2, -0.15) is 0 Å². The average Bonchev–Trinajstić information content (AvgIpc) is 2.53. The minimum Gasteiger partial charge on any atom is -0.373 e. The summed E-state index contributed by atoms with van der Waals surface area (Å²) < 4.78 is 0.767. The molecule has 0 radical (unpaired) electrons. The van der Waals surface area contributed by atoms with Gasteiger partial charge in [0.15, 0.2) is 0 Å². The summed E-state index contributed by atoms with van der Waals surface area (Å²) in [7, 11) is 2.05. The van der Waals surface area contributed by atoms with Gasteiger partial charge in [0, 0.05) is 18.1 Å². The fraction of sp³-hybridized carbons (Fsp3) is 0.294. The van der Waals surface area contributed by atoms with Crippen LogP contribution in [0, 0.1) is 0 Å². The molecule has 0 aliphatic rings. The summed E-state index contributed by atoms with van der Waals surface area (Å²) in [5, 5.41) is 2.81. The molecule has 0 aliphatic heterocycles. The zero-order chi connectivity index (χ0) is 15.9. The number of unbranched alkanes of at least 4 members (excludes halogenated alkanes) is 1. The highest BCUT2D eigenvalue weighted by molar-refractivity contribution is 9.10. The number of halogens is 1. The molecule has 0 saturated heterocycles. The summed E-state index contributed by atoms with van der Waals surface area (Å²) in [5.41, 5.74) is 1.64. The van der Waals surface area contributed by atoms with Gasteiger partial charge in [-0.25, -0.2) is 4.98 Å². The third kappa shape index (κ3) is 4.31. The first kappa shape index (κ1) is 16.5. The van der Waals surface area contributed by atoms with Crippen LogP contribution in [0.5, 0.6) is 0 Å². The summed E-state index contributed by atoms with van der Waals surface area (Å²) in [6.45, 7) is 3.17.